The molecule has 0 saturated carbocycles. The Morgan fingerprint density at radius 1 is 1.35 bits per heavy atom. The van der Waals surface area contributed by atoms with Gasteiger partial charge < -0.3 is 15.2 Å². The summed E-state index contributed by atoms with van der Waals surface area (Å²) in [5.74, 6) is -0.909. The van der Waals surface area contributed by atoms with Crippen LogP contribution in [-0.2, 0) is 25.6 Å². The molecule has 1 aromatic heterocycles. The molecular formula is C13H21N3O4. The van der Waals surface area contributed by atoms with Gasteiger partial charge in [0, 0.05) is 0 Å². The molecule has 112 valence electrons. The van der Waals surface area contributed by atoms with E-state index >= 15 is 0 Å². The molecule has 0 saturated heterocycles. The van der Waals surface area contributed by atoms with Gasteiger partial charge >= 0.3 is 11.9 Å². The lowest BCUT2D eigenvalue weighted by molar-refractivity contribution is -0.159. The molecule has 0 unspecified atom stereocenters. The first-order valence-electron chi connectivity index (χ1n) is 6.22. The zero-order valence-electron chi connectivity index (χ0n) is 12.5. The Morgan fingerprint density at radius 2 is 1.95 bits per heavy atom. The van der Waals surface area contributed by atoms with Crippen LogP contribution in [0.1, 0.15) is 25.2 Å². The summed E-state index contributed by atoms with van der Waals surface area (Å²) in [5.41, 5.74) is 6.85. The van der Waals surface area contributed by atoms with Crippen molar-refractivity contribution in [1.29, 1.82) is 0 Å². The third-order valence-corrected chi connectivity index (χ3v) is 3.05. The van der Waals surface area contributed by atoms with Crippen LogP contribution >= 0.6 is 0 Å². The van der Waals surface area contributed by atoms with Crippen molar-refractivity contribution >= 4 is 17.6 Å². The molecule has 0 aliphatic heterocycles. The second kappa shape index (κ2) is 5.94. The summed E-state index contributed by atoms with van der Waals surface area (Å²) in [6.45, 7) is 6.75. The van der Waals surface area contributed by atoms with Gasteiger partial charge in [0.1, 0.15) is 13.2 Å². The van der Waals surface area contributed by atoms with Crippen molar-refractivity contribution in [2.75, 3.05) is 19.5 Å². The minimum atomic E-state index is -0.876. The lowest BCUT2D eigenvalue weighted by atomic mass is 9.95. The SMILES string of the molecule is COC(=O)C(C)(C)COC(=O)Cn1nc(C)c(N)c1C. The molecule has 7 nitrogen and oxygen atoms in total. The minimum Gasteiger partial charge on any atom is -0.469 e. The van der Waals surface area contributed by atoms with Gasteiger partial charge in [-0.1, -0.05) is 0 Å². The Morgan fingerprint density at radius 3 is 2.40 bits per heavy atom. The van der Waals surface area contributed by atoms with Gasteiger partial charge in [0.05, 0.1) is 29.6 Å². The summed E-state index contributed by atoms with van der Waals surface area (Å²) in [5, 5.41) is 4.14. The number of hydrogen-bond acceptors (Lipinski definition) is 6. The van der Waals surface area contributed by atoms with Gasteiger partial charge in [0.2, 0.25) is 0 Å². The van der Waals surface area contributed by atoms with Gasteiger partial charge in [-0.15, -0.1) is 0 Å². The fourth-order valence-corrected chi connectivity index (χ4v) is 1.63. The molecule has 1 aromatic rings. The number of anilines is 1. The number of nitrogens with two attached hydrogens (primary N) is 1. The highest BCUT2D eigenvalue weighted by atomic mass is 16.5. The number of rotatable bonds is 5. The van der Waals surface area contributed by atoms with E-state index in [1.54, 1.807) is 27.7 Å². The largest absolute Gasteiger partial charge is 0.469 e. The van der Waals surface area contributed by atoms with Crippen LogP contribution in [0.4, 0.5) is 5.69 Å². The summed E-state index contributed by atoms with van der Waals surface area (Å²) < 4.78 is 11.2. The molecule has 2 N–H and O–H groups in total. The highest BCUT2D eigenvalue weighted by molar-refractivity contribution is 5.76. The van der Waals surface area contributed by atoms with Crippen molar-refractivity contribution in [2.24, 2.45) is 5.41 Å². The number of aryl methyl sites for hydroxylation is 1. The summed E-state index contributed by atoms with van der Waals surface area (Å²) in [6.07, 6.45) is 0. The third kappa shape index (κ3) is 3.49. The first-order valence-corrected chi connectivity index (χ1v) is 6.22. The van der Waals surface area contributed by atoms with E-state index in [0.29, 0.717) is 17.1 Å². The van der Waals surface area contributed by atoms with Gasteiger partial charge in [-0.25, -0.2) is 0 Å². The fourth-order valence-electron chi connectivity index (χ4n) is 1.63. The average Bonchev–Trinajstić information content (AvgIpc) is 2.63. The van der Waals surface area contributed by atoms with Crippen LogP contribution in [0.5, 0.6) is 0 Å². The predicted octanol–water partition coefficient (Wildman–Crippen LogP) is 0.825. The Hall–Kier alpha value is -2.05. The first kappa shape index (κ1) is 16.0. The quantitative estimate of drug-likeness (QED) is 0.804. The number of aromatic nitrogens is 2. The Labute approximate surface area is 118 Å². The van der Waals surface area contributed by atoms with Crippen LogP contribution in [0, 0.1) is 19.3 Å². The molecule has 0 radical (unpaired) electrons. The summed E-state index contributed by atoms with van der Waals surface area (Å²) in [6, 6.07) is 0. The maximum Gasteiger partial charge on any atom is 0.327 e. The molecule has 0 atom stereocenters. The number of methoxy groups -OCH3 is 1. The number of hydrogen-bond donors (Lipinski definition) is 1. The first-order chi connectivity index (χ1) is 9.19. The van der Waals surface area contributed by atoms with Gasteiger partial charge in [-0.3, -0.25) is 14.3 Å². The number of nitrogens with zero attached hydrogens (tertiary/aromatic N) is 2. The van der Waals surface area contributed by atoms with E-state index in [0.717, 1.165) is 0 Å². The lowest BCUT2D eigenvalue weighted by Gasteiger charge is -2.20. The second-order valence-electron chi connectivity index (χ2n) is 5.28. The molecule has 0 amide bonds. The maximum atomic E-state index is 11.8. The normalized spacial score (nSPS) is 11.2. The van der Waals surface area contributed by atoms with E-state index in [1.807, 2.05) is 0 Å². The number of ether oxygens (including phenoxy) is 2. The van der Waals surface area contributed by atoms with E-state index in [-0.39, 0.29) is 13.2 Å². The number of esters is 2. The topological polar surface area (TPSA) is 96.4 Å². The molecular weight excluding hydrogens is 262 g/mol. The van der Waals surface area contributed by atoms with E-state index in [1.165, 1.54) is 11.8 Å². The molecule has 1 heterocycles. The van der Waals surface area contributed by atoms with Gasteiger partial charge in [-0.05, 0) is 27.7 Å². The van der Waals surface area contributed by atoms with Crippen molar-refractivity contribution in [3.63, 3.8) is 0 Å². The standard InChI is InChI=1S/C13H21N3O4/c1-8-11(14)9(2)16(15-8)6-10(17)20-7-13(3,4)12(18)19-5/h6-7,14H2,1-5H3. The zero-order valence-corrected chi connectivity index (χ0v) is 12.5. The molecule has 0 aromatic carbocycles. The Kier molecular flexibility index (Phi) is 4.75. The highest BCUT2D eigenvalue weighted by Gasteiger charge is 2.30. The van der Waals surface area contributed by atoms with Gasteiger partial charge in [0.15, 0.2) is 0 Å². The predicted molar refractivity (Wildman–Crippen MR) is 72.9 cm³/mol. The molecule has 0 bridgehead atoms. The van der Waals surface area contributed by atoms with Crippen molar-refractivity contribution in [3.8, 4) is 0 Å². The van der Waals surface area contributed by atoms with Crippen LogP contribution in [0.2, 0.25) is 0 Å². The summed E-state index contributed by atoms with van der Waals surface area (Å²) in [4.78, 5) is 23.2. The summed E-state index contributed by atoms with van der Waals surface area (Å²) >= 11 is 0. The van der Waals surface area contributed by atoms with Crippen molar-refractivity contribution in [3.05, 3.63) is 11.4 Å². The van der Waals surface area contributed by atoms with E-state index in [9.17, 15) is 9.59 Å². The van der Waals surface area contributed by atoms with Crippen molar-refractivity contribution < 1.29 is 19.1 Å². The van der Waals surface area contributed by atoms with E-state index in [2.05, 4.69) is 9.84 Å². The molecule has 0 aliphatic rings. The van der Waals surface area contributed by atoms with Crippen LogP contribution in [-0.4, -0.2) is 35.4 Å². The molecule has 20 heavy (non-hydrogen) atoms. The molecule has 1 rings (SSSR count). The van der Waals surface area contributed by atoms with Gasteiger partial charge in [-0.2, -0.15) is 5.10 Å². The van der Waals surface area contributed by atoms with Crippen molar-refractivity contribution in [2.45, 2.75) is 34.2 Å². The van der Waals surface area contributed by atoms with Crippen LogP contribution in [0.15, 0.2) is 0 Å². The van der Waals surface area contributed by atoms with Crippen LogP contribution in [0.25, 0.3) is 0 Å². The van der Waals surface area contributed by atoms with Gasteiger partial charge in [0.25, 0.3) is 0 Å². The Bertz CT molecular complexity index is 520. The van der Waals surface area contributed by atoms with E-state index in [4.69, 9.17) is 10.5 Å². The zero-order chi connectivity index (χ0) is 15.5. The monoisotopic (exact) mass is 283 g/mol. The van der Waals surface area contributed by atoms with Crippen LogP contribution < -0.4 is 5.73 Å². The third-order valence-electron chi connectivity index (χ3n) is 3.05. The smallest absolute Gasteiger partial charge is 0.327 e. The van der Waals surface area contributed by atoms with Crippen LogP contribution in [0.3, 0.4) is 0 Å². The van der Waals surface area contributed by atoms with Crippen molar-refractivity contribution in [1.82, 2.24) is 9.78 Å². The summed E-state index contributed by atoms with van der Waals surface area (Å²) in [7, 11) is 1.30. The fraction of sp³-hybridized carbons (Fsp3) is 0.615. The number of carbonyl (C=O) groups excluding carboxylic acids is 2. The molecule has 0 spiro atoms. The second-order valence-corrected chi connectivity index (χ2v) is 5.28. The van der Waals surface area contributed by atoms with E-state index < -0.39 is 17.4 Å². The minimum absolute atomic E-state index is 0.0405. The lowest BCUT2D eigenvalue weighted by Crippen LogP contribution is -2.32. The average molecular weight is 283 g/mol. The molecule has 0 fully saturated rings. The molecule has 7 heteroatoms. The highest BCUT2D eigenvalue weighted by Crippen LogP contribution is 2.18. The maximum absolute atomic E-state index is 11.8. The number of carbonyl (C=O) groups is 2. The Balaban J connectivity index is 2.61. The number of nitrogen functional groups attached to an aromatic ring is 1. The molecule has 0 aliphatic carbocycles.